The fourth-order valence-electron chi connectivity index (χ4n) is 2.36. The predicted octanol–water partition coefficient (Wildman–Crippen LogP) is 2.61. The first-order valence-corrected chi connectivity index (χ1v) is 7.65. The summed E-state index contributed by atoms with van der Waals surface area (Å²) in [7, 11) is 1.58. The van der Waals surface area contributed by atoms with E-state index in [1.807, 2.05) is 26.0 Å². The van der Waals surface area contributed by atoms with Gasteiger partial charge in [0.1, 0.15) is 5.75 Å². The van der Waals surface area contributed by atoms with Crippen LogP contribution in [0.15, 0.2) is 23.1 Å². The van der Waals surface area contributed by atoms with Gasteiger partial charge in [-0.15, -0.1) is 11.8 Å². The van der Waals surface area contributed by atoms with E-state index >= 15 is 0 Å². The Labute approximate surface area is 123 Å². The molecule has 0 spiro atoms. The third kappa shape index (κ3) is 2.68. The molecule has 1 aliphatic rings. The minimum absolute atomic E-state index is 0.0168. The van der Waals surface area contributed by atoms with Crippen molar-refractivity contribution >= 4 is 23.5 Å². The smallest absolute Gasteiger partial charge is 0.236 e. The van der Waals surface area contributed by atoms with Gasteiger partial charge in [0.25, 0.3) is 0 Å². The van der Waals surface area contributed by atoms with Crippen LogP contribution in [0.25, 0.3) is 0 Å². The number of ether oxygens (including phenoxy) is 1. The molecule has 5 heteroatoms. The molecular formula is C15H19NO3S. The number of nitrogens with zero attached hydrogens (tertiary/aromatic N) is 1. The number of ketones is 1. The van der Waals surface area contributed by atoms with Gasteiger partial charge in [0.2, 0.25) is 5.91 Å². The van der Waals surface area contributed by atoms with Gasteiger partial charge in [-0.05, 0) is 19.9 Å². The van der Waals surface area contributed by atoms with Crippen LogP contribution in [0.3, 0.4) is 0 Å². The van der Waals surface area contributed by atoms with Crippen molar-refractivity contribution in [2.24, 2.45) is 0 Å². The topological polar surface area (TPSA) is 46.6 Å². The molecule has 0 bridgehead atoms. The van der Waals surface area contributed by atoms with Gasteiger partial charge in [-0.1, -0.05) is 12.1 Å². The zero-order chi connectivity index (χ0) is 14.7. The Morgan fingerprint density at radius 3 is 2.70 bits per heavy atom. The molecule has 1 heterocycles. The molecule has 1 aromatic carbocycles. The highest BCUT2D eigenvalue weighted by molar-refractivity contribution is 8.01. The van der Waals surface area contributed by atoms with Gasteiger partial charge in [-0.3, -0.25) is 9.59 Å². The summed E-state index contributed by atoms with van der Waals surface area (Å²) in [5.41, 5.74) is 0.665. The van der Waals surface area contributed by atoms with Crippen molar-refractivity contribution in [3.8, 4) is 5.75 Å². The molecule has 0 fully saturated rings. The largest absolute Gasteiger partial charge is 0.496 e. The summed E-state index contributed by atoms with van der Waals surface area (Å²) in [4.78, 5) is 27.2. The van der Waals surface area contributed by atoms with Crippen LogP contribution < -0.4 is 4.74 Å². The normalized spacial score (nSPS) is 17.6. The first kappa shape index (κ1) is 14.9. The molecule has 1 atom stereocenters. The Balaban J connectivity index is 2.31. The SMILES string of the molecule is CCN(CC)C(=O)C1CC(=O)c2cccc(OC)c2S1. The van der Waals surface area contributed by atoms with Gasteiger partial charge in [0.05, 0.1) is 17.3 Å². The van der Waals surface area contributed by atoms with Crippen molar-refractivity contribution in [3.63, 3.8) is 0 Å². The molecule has 108 valence electrons. The van der Waals surface area contributed by atoms with Crippen LogP contribution in [0, 0.1) is 0 Å². The molecule has 4 nitrogen and oxygen atoms in total. The van der Waals surface area contributed by atoms with E-state index in [2.05, 4.69) is 0 Å². The molecule has 0 aliphatic carbocycles. The summed E-state index contributed by atoms with van der Waals surface area (Å²) in [6.45, 7) is 5.23. The van der Waals surface area contributed by atoms with Crippen LogP contribution in [0.4, 0.5) is 0 Å². The highest BCUT2D eigenvalue weighted by Gasteiger charge is 2.34. The van der Waals surface area contributed by atoms with E-state index < -0.39 is 0 Å². The maximum absolute atomic E-state index is 12.4. The maximum atomic E-state index is 12.4. The lowest BCUT2D eigenvalue weighted by atomic mass is 10.0. The Hall–Kier alpha value is -1.49. The van der Waals surface area contributed by atoms with Crippen LogP contribution in [0.5, 0.6) is 5.75 Å². The molecule has 20 heavy (non-hydrogen) atoms. The summed E-state index contributed by atoms with van der Waals surface area (Å²) in [5.74, 6) is 0.714. The number of rotatable bonds is 4. The lowest BCUT2D eigenvalue weighted by Crippen LogP contribution is -2.39. The van der Waals surface area contributed by atoms with Gasteiger partial charge < -0.3 is 9.64 Å². The Morgan fingerprint density at radius 2 is 2.10 bits per heavy atom. The lowest BCUT2D eigenvalue weighted by molar-refractivity contribution is -0.130. The summed E-state index contributed by atoms with van der Waals surface area (Å²) in [6, 6.07) is 5.43. The zero-order valence-electron chi connectivity index (χ0n) is 12.0. The fraction of sp³-hybridized carbons (Fsp3) is 0.467. The van der Waals surface area contributed by atoms with E-state index in [-0.39, 0.29) is 23.4 Å². The number of amides is 1. The van der Waals surface area contributed by atoms with E-state index in [4.69, 9.17) is 4.74 Å². The van der Waals surface area contributed by atoms with E-state index in [1.54, 1.807) is 18.1 Å². The minimum atomic E-state index is -0.341. The van der Waals surface area contributed by atoms with Crippen LogP contribution >= 0.6 is 11.8 Å². The number of methoxy groups -OCH3 is 1. The van der Waals surface area contributed by atoms with Gasteiger partial charge >= 0.3 is 0 Å². The van der Waals surface area contributed by atoms with Gasteiger partial charge in [0.15, 0.2) is 5.78 Å². The van der Waals surface area contributed by atoms with Crippen molar-refractivity contribution in [1.82, 2.24) is 4.90 Å². The third-order valence-corrected chi connectivity index (χ3v) is 4.79. The summed E-state index contributed by atoms with van der Waals surface area (Å²) >= 11 is 1.44. The lowest BCUT2D eigenvalue weighted by Gasteiger charge is -2.28. The molecule has 0 aromatic heterocycles. The quantitative estimate of drug-likeness (QED) is 0.856. The Kier molecular flexibility index (Phi) is 4.70. The molecule has 1 aromatic rings. The predicted molar refractivity (Wildman–Crippen MR) is 79.5 cm³/mol. The number of carbonyl (C=O) groups excluding carboxylic acids is 2. The fourth-order valence-corrected chi connectivity index (χ4v) is 3.70. The van der Waals surface area contributed by atoms with Crippen molar-refractivity contribution in [3.05, 3.63) is 23.8 Å². The Morgan fingerprint density at radius 1 is 1.40 bits per heavy atom. The molecule has 0 N–H and O–H groups in total. The monoisotopic (exact) mass is 293 g/mol. The molecule has 1 amide bonds. The number of hydrogen-bond acceptors (Lipinski definition) is 4. The number of benzene rings is 1. The van der Waals surface area contributed by atoms with Crippen LogP contribution in [-0.2, 0) is 4.79 Å². The number of hydrogen-bond donors (Lipinski definition) is 0. The second-order valence-electron chi connectivity index (χ2n) is 4.58. The second kappa shape index (κ2) is 6.31. The van der Waals surface area contributed by atoms with Crippen LogP contribution in [-0.4, -0.2) is 42.0 Å². The third-order valence-electron chi connectivity index (χ3n) is 3.48. The van der Waals surface area contributed by atoms with Gasteiger partial charge in [0, 0.05) is 25.1 Å². The second-order valence-corrected chi connectivity index (χ2v) is 5.79. The van der Waals surface area contributed by atoms with Crippen molar-refractivity contribution in [2.45, 2.75) is 30.4 Å². The van der Waals surface area contributed by atoms with Crippen molar-refractivity contribution in [1.29, 1.82) is 0 Å². The zero-order valence-corrected chi connectivity index (χ0v) is 12.8. The molecule has 2 rings (SSSR count). The number of Topliss-reactive ketones (excluding diaryl/α,β-unsaturated/α-hetero) is 1. The molecule has 0 radical (unpaired) electrons. The number of fused-ring (bicyclic) bond motifs is 1. The van der Waals surface area contributed by atoms with Crippen molar-refractivity contribution in [2.75, 3.05) is 20.2 Å². The van der Waals surface area contributed by atoms with E-state index in [9.17, 15) is 9.59 Å². The Bertz CT molecular complexity index is 526. The molecule has 1 unspecified atom stereocenters. The highest BCUT2D eigenvalue weighted by atomic mass is 32.2. The standard InChI is InChI=1S/C15H19NO3S/c1-4-16(5-2)15(18)13-9-11(17)10-7-6-8-12(19-3)14(10)20-13/h6-8,13H,4-5,9H2,1-3H3. The number of thioether (sulfide) groups is 1. The first-order valence-electron chi connectivity index (χ1n) is 6.78. The van der Waals surface area contributed by atoms with Crippen LogP contribution in [0.1, 0.15) is 30.6 Å². The van der Waals surface area contributed by atoms with E-state index in [1.165, 1.54) is 11.8 Å². The minimum Gasteiger partial charge on any atom is -0.496 e. The van der Waals surface area contributed by atoms with Gasteiger partial charge in [-0.2, -0.15) is 0 Å². The molecule has 1 aliphatic heterocycles. The average Bonchev–Trinajstić information content (AvgIpc) is 2.47. The molecular weight excluding hydrogens is 274 g/mol. The summed E-state index contributed by atoms with van der Waals surface area (Å²) in [6.07, 6.45) is 0.264. The molecule has 0 saturated heterocycles. The first-order chi connectivity index (χ1) is 9.62. The summed E-state index contributed by atoms with van der Waals surface area (Å²) in [5, 5.41) is -0.341. The van der Waals surface area contributed by atoms with Crippen LogP contribution in [0.2, 0.25) is 0 Å². The molecule has 0 saturated carbocycles. The average molecular weight is 293 g/mol. The van der Waals surface area contributed by atoms with Crippen molar-refractivity contribution < 1.29 is 14.3 Å². The highest BCUT2D eigenvalue weighted by Crippen LogP contribution is 2.41. The number of carbonyl (C=O) groups is 2. The van der Waals surface area contributed by atoms with E-state index in [0.29, 0.717) is 24.4 Å². The van der Waals surface area contributed by atoms with E-state index in [0.717, 1.165) is 4.90 Å². The van der Waals surface area contributed by atoms with Gasteiger partial charge in [-0.25, -0.2) is 0 Å². The maximum Gasteiger partial charge on any atom is 0.236 e. The summed E-state index contributed by atoms with van der Waals surface area (Å²) < 4.78 is 5.30.